The van der Waals surface area contributed by atoms with Crippen molar-refractivity contribution in [3.8, 4) is 0 Å². The number of hydrogen-bond acceptors (Lipinski definition) is 5. The summed E-state index contributed by atoms with van der Waals surface area (Å²) in [5.41, 5.74) is 2.37. The number of benzene rings is 2. The zero-order valence-electron chi connectivity index (χ0n) is 12.2. The van der Waals surface area contributed by atoms with E-state index in [2.05, 4.69) is 25.8 Å². The summed E-state index contributed by atoms with van der Waals surface area (Å²) < 4.78 is 13.2. The second kappa shape index (κ2) is 6.58. The molecule has 0 aliphatic rings. The standard InChI is InChI=1S/C16H13ClFN5/c1-10-5-6-11(17)7-14(10)21-16-22-15(9-19-23-16)20-13-4-2-3-12(18)8-13/h2-9H,1H3,(H2,20,21,22,23). The average Bonchev–Trinajstić information content (AvgIpc) is 2.51. The largest absolute Gasteiger partial charge is 0.339 e. The molecule has 0 aliphatic carbocycles. The highest BCUT2D eigenvalue weighted by molar-refractivity contribution is 6.30. The number of anilines is 4. The number of hydrogen-bond donors (Lipinski definition) is 2. The fourth-order valence-electron chi connectivity index (χ4n) is 1.98. The van der Waals surface area contributed by atoms with E-state index in [9.17, 15) is 4.39 Å². The van der Waals surface area contributed by atoms with Gasteiger partial charge in [-0.1, -0.05) is 23.7 Å². The second-order valence-electron chi connectivity index (χ2n) is 4.88. The van der Waals surface area contributed by atoms with Crippen LogP contribution in [-0.4, -0.2) is 15.2 Å². The van der Waals surface area contributed by atoms with Gasteiger partial charge in [0.2, 0.25) is 5.95 Å². The molecule has 23 heavy (non-hydrogen) atoms. The van der Waals surface area contributed by atoms with Gasteiger partial charge in [-0.3, -0.25) is 0 Å². The van der Waals surface area contributed by atoms with Crippen molar-refractivity contribution in [3.63, 3.8) is 0 Å². The molecule has 2 aromatic carbocycles. The van der Waals surface area contributed by atoms with E-state index in [0.717, 1.165) is 11.3 Å². The average molecular weight is 330 g/mol. The molecule has 116 valence electrons. The first-order chi connectivity index (χ1) is 11.1. The van der Waals surface area contributed by atoms with Crippen LogP contribution in [0.4, 0.5) is 27.5 Å². The van der Waals surface area contributed by atoms with Crippen LogP contribution in [0.3, 0.4) is 0 Å². The quantitative estimate of drug-likeness (QED) is 0.740. The van der Waals surface area contributed by atoms with Crippen molar-refractivity contribution in [2.24, 2.45) is 0 Å². The molecule has 3 rings (SSSR count). The van der Waals surface area contributed by atoms with E-state index in [4.69, 9.17) is 11.6 Å². The highest BCUT2D eigenvalue weighted by Crippen LogP contribution is 2.23. The molecule has 0 amide bonds. The highest BCUT2D eigenvalue weighted by Gasteiger charge is 2.05. The molecule has 0 atom stereocenters. The van der Waals surface area contributed by atoms with Crippen LogP contribution in [0.2, 0.25) is 5.02 Å². The van der Waals surface area contributed by atoms with E-state index in [1.165, 1.54) is 18.3 Å². The van der Waals surface area contributed by atoms with Crippen molar-refractivity contribution in [1.82, 2.24) is 15.2 Å². The molecular weight excluding hydrogens is 317 g/mol. The second-order valence-corrected chi connectivity index (χ2v) is 5.32. The van der Waals surface area contributed by atoms with E-state index in [0.29, 0.717) is 22.5 Å². The Kier molecular flexibility index (Phi) is 4.34. The van der Waals surface area contributed by atoms with E-state index < -0.39 is 0 Å². The zero-order valence-corrected chi connectivity index (χ0v) is 13.0. The summed E-state index contributed by atoms with van der Waals surface area (Å²) in [7, 11) is 0. The van der Waals surface area contributed by atoms with E-state index in [-0.39, 0.29) is 5.82 Å². The van der Waals surface area contributed by atoms with E-state index in [1.54, 1.807) is 18.2 Å². The van der Waals surface area contributed by atoms with Gasteiger partial charge in [-0.15, -0.1) is 5.10 Å². The molecule has 7 heteroatoms. The molecule has 3 aromatic rings. The van der Waals surface area contributed by atoms with E-state index >= 15 is 0 Å². The highest BCUT2D eigenvalue weighted by atomic mass is 35.5. The lowest BCUT2D eigenvalue weighted by Gasteiger charge is -2.10. The molecule has 2 N–H and O–H groups in total. The Labute approximate surface area is 137 Å². The minimum atomic E-state index is -0.329. The fraction of sp³-hybridized carbons (Fsp3) is 0.0625. The van der Waals surface area contributed by atoms with Crippen LogP contribution >= 0.6 is 11.6 Å². The number of rotatable bonds is 4. The first kappa shape index (κ1) is 15.2. The summed E-state index contributed by atoms with van der Waals surface area (Å²) >= 11 is 5.99. The summed E-state index contributed by atoms with van der Waals surface area (Å²) in [6.07, 6.45) is 1.46. The number of nitrogens with zero attached hydrogens (tertiary/aromatic N) is 3. The van der Waals surface area contributed by atoms with Crippen molar-refractivity contribution >= 4 is 34.7 Å². The Morgan fingerprint density at radius 2 is 1.96 bits per heavy atom. The van der Waals surface area contributed by atoms with Crippen LogP contribution in [0.1, 0.15) is 5.56 Å². The summed E-state index contributed by atoms with van der Waals surface area (Å²) in [5.74, 6) is 0.439. The minimum absolute atomic E-state index is 0.316. The molecular formula is C16H13ClFN5. The predicted molar refractivity (Wildman–Crippen MR) is 89.0 cm³/mol. The van der Waals surface area contributed by atoms with Crippen molar-refractivity contribution in [2.45, 2.75) is 6.92 Å². The SMILES string of the molecule is Cc1ccc(Cl)cc1Nc1nncc(Nc2cccc(F)c2)n1. The summed E-state index contributed by atoms with van der Waals surface area (Å²) in [4.78, 5) is 4.30. The third-order valence-electron chi connectivity index (χ3n) is 3.10. The Bertz CT molecular complexity index is 840. The third kappa shape index (κ3) is 3.92. The van der Waals surface area contributed by atoms with Crippen LogP contribution in [0, 0.1) is 12.7 Å². The van der Waals surface area contributed by atoms with Gasteiger partial charge in [0.1, 0.15) is 5.82 Å². The fourth-order valence-corrected chi connectivity index (χ4v) is 2.15. The molecule has 1 heterocycles. The van der Waals surface area contributed by atoms with Crippen molar-refractivity contribution in [3.05, 3.63) is 65.1 Å². The molecule has 0 spiro atoms. The summed E-state index contributed by atoms with van der Waals surface area (Å²) in [5, 5.41) is 14.5. The summed E-state index contributed by atoms with van der Waals surface area (Å²) in [6, 6.07) is 11.6. The lowest BCUT2D eigenvalue weighted by Crippen LogP contribution is -2.03. The molecule has 0 saturated carbocycles. The molecule has 5 nitrogen and oxygen atoms in total. The maximum Gasteiger partial charge on any atom is 0.249 e. The van der Waals surface area contributed by atoms with Crippen LogP contribution in [0.15, 0.2) is 48.7 Å². The lowest BCUT2D eigenvalue weighted by atomic mass is 10.2. The van der Waals surface area contributed by atoms with Crippen molar-refractivity contribution < 1.29 is 4.39 Å². The molecule has 0 fully saturated rings. The first-order valence-electron chi connectivity index (χ1n) is 6.86. The topological polar surface area (TPSA) is 62.7 Å². The van der Waals surface area contributed by atoms with Crippen LogP contribution in [0.25, 0.3) is 0 Å². The van der Waals surface area contributed by atoms with Crippen LogP contribution < -0.4 is 10.6 Å². The van der Waals surface area contributed by atoms with Gasteiger partial charge in [0.15, 0.2) is 5.82 Å². The Morgan fingerprint density at radius 1 is 1.09 bits per heavy atom. The Hall–Kier alpha value is -2.73. The normalized spacial score (nSPS) is 10.4. The van der Waals surface area contributed by atoms with Crippen molar-refractivity contribution in [2.75, 3.05) is 10.6 Å². The van der Waals surface area contributed by atoms with Crippen LogP contribution in [-0.2, 0) is 0 Å². The minimum Gasteiger partial charge on any atom is -0.339 e. The third-order valence-corrected chi connectivity index (χ3v) is 3.34. The van der Waals surface area contributed by atoms with Gasteiger partial charge >= 0.3 is 0 Å². The van der Waals surface area contributed by atoms with Gasteiger partial charge in [-0.2, -0.15) is 10.1 Å². The molecule has 1 aromatic heterocycles. The van der Waals surface area contributed by atoms with Gasteiger partial charge in [-0.05, 0) is 42.8 Å². The van der Waals surface area contributed by atoms with Gasteiger partial charge in [0.25, 0.3) is 0 Å². The monoisotopic (exact) mass is 329 g/mol. The molecule has 0 bridgehead atoms. The number of nitrogens with one attached hydrogen (secondary N) is 2. The van der Waals surface area contributed by atoms with Gasteiger partial charge < -0.3 is 10.6 Å². The zero-order chi connectivity index (χ0) is 16.2. The molecule has 0 radical (unpaired) electrons. The Morgan fingerprint density at radius 3 is 2.78 bits per heavy atom. The maximum atomic E-state index is 13.2. The maximum absolute atomic E-state index is 13.2. The summed E-state index contributed by atoms with van der Waals surface area (Å²) in [6.45, 7) is 1.95. The Balaban J connectivity index is 1.81. The molecule has 0 unspecified atom stereocenters. The number of aromatic nitrogens is 3. The van der Waals surface area contributed by atoms with Crippen molar-refractivity contribution in [1.29, 1.82) is 0 Å². The van der Waals surface area contributed by atoms with Gasteiger partial charge in [0, 0.05) is 16.4 Å². The number of halogens is 2. The predicted octanol–water partition coefficient (Wildman–Crippen LogP) is 4.46. The van der Waals surface area contributed by atoms with Gasteiger partial charge in [-0.25, -0.2) is 4.39 Å². The smallest absolute Gasteiger partial charge is 0.249 e. The molecule has 0 saturated heterocycles. The molecule has 0 aliphatic heterocycles. The first-order valence-corrected chi connectivity index (χ1v) is 7.23. The number of aryl methyl sites for hydroxylation is 1. The van der Waals surface area contributed by atoms with E-state index in [1.807, 2.05) is 19.1 Å². The van der Waals surface area contributed by atoms with Crippen LogP contribution in [0.5, 0.6) is 0 Å². The van der Waals surface area contributed by atoms with Gasteiger partial charge in [0.05, 0.1) is 6.20 Å². The lowest BCUT2D eigenvalue weighted by molar-refractivity contribution is 0.628.